The first-order valence-electron chi connectivity index (χ1n) is 8.74. The van der Waals surface area contributed by atoms with Gasteiger partial charge in [-0.15, -0.1) is 0 Å². The first kappa shape index (κ1) is 17.9. The third kappa shape index (κ3) is 3.39. The second-order valence-electron chi connectivity index (χ2n) is 6.76. The normalized spacial score (nSPS) is 28.0. The van der Waals surface area contributed by atoms with Gasteiger partial charge in [0, 0.05) is 31.0 Å². The molecule has 142 valence electrons. The van der Waals surface area contributed by atoms with E-state index in [1.54, 1.807) is 29.7 Å². The van der Waals surface area contributed by atoms with Crippen molar-refractivity contribution in [2.75, 3.05) is 18.4 Å². The van der Waals surface area contributed by atoms with Crippen molar-refractivity contribution in [3.05, 3.63) is 36.3 Å². The summed E-state index contributed by atoms with van der Waals surface area (Å²) in [6.45, 7) is 2.30. The summed E-state index contributed by atoms with van der Waals surface area (Å²) >= 11 is 0. The molecule has 1 amide bonds. The number of anilines is 1. The molecule has 2 fully saturated rings. The monoisotopic (exact) mass is 372 g/mol. The number of pyridine rings is 1. The molecule has 0 radical (unpaired) electrons. The molecule has 27 heavy (non-hydrogen) atoms. The SMILES string of the molecule is Cc1ccnnc1-c1ccncc1NC(=O)C1C(N)NN2CC(F)CNC12. The summed E-state index contributed by atoms with van der Waals surface area (Å²) in [7, 11) is 0. The molecule has 4 heterocycles. The third-order valence-electron chi connectivity index (χ3n) is 4.88. The van der Waals surface area contributed by atoms with Gasteiger partial charge in [0.05, 0.1) is 35.8 Å². The Hall–Kier alpha value is -2.53. The smallest absolute Gasteiger partial charge is 0.233 e. The van der Waals surface area contributed by atoms with E-state index in [-0.39, 0.29) is 25.2 Å². The van der Waals surface area contributed by atoms with Crippen LogP contribution in [0.25, 0.3) is 11.3 Å². The zero-order chi connectivity index (χ0) is 19.0. The number of halogens is 1. The van der Waals surface area contributed by atoms with Crippen LogP contribution in [0.15, 0.2) is 30.7 Å². The predicted octanol–water partition coefficient (Wildman–Crippen LogP) is -0.226. The highest BCUT2D eigenvalue weighted by atomic mass is 19.1. The summed E-state index contributed by atoms with van der Waals surface area (Å²) in [4.78, 5) is 17.1. The van der Waals surface area contributed by atoms with Gasteiger partial charge in [0.15, 0.2) is 0 Å². The lowest BCUT2D eigenvalue weighted by Crippen LogP contribution is -2.58. The van der Waals surface area contributed by atoms with E-state index in [1.165, 1.54) is 0 Å². The fourth-order valence-electron chi connectivity index (χ4n) is 3.56. The quantitative estimate of drug-likeness (QED) is 0.583. The largest absolute Gasteiger partial charge is 0.324 e. The molecule has 0 aromatic carbocycles. The van der Waals surface area contributed by atoms with E-state index in [1.807, 2.05) is 13.0 Å². The van der Waals surface area contributed by atoms with Crippen LogP contribution in [0.5, 0.6) is 0 Å². The minimum atomic E-state index is -1.01. The van der Waals surface area contributed by atoms with Crippen molar-refractivity contribution in [3.8, 4) is 11.3 Å². The highest BCUT2D eigenvalue weighted by Crippen LogP contribution is 2.29. The van der Waals surface area contributed by atoms with Gasteiger partial charge in [-0.05, 0) is 24.6 Å². The van der Waals surface area contributed by atoms with Gasteiger partial charge in [-0.3, -0.25) is 15.1 Å². The van der Waals surface area contributed by atoms with Gasteiger partial charge < -0.3 is 11.1 Å². The maximum Gasteiger partial charge on any atom is 0.233 e. The first-order valence-corrected chi connectivity index (χ1v) is 8.74. The van der Waals surface area contributed by atoms with Gasteiger partial charge >= 0.3 is 0 Å². The van der Waals surface area contributed by atoms with Crippen molar-refractivity contribution in [3.63, 3.8) is 0 Å². The second kappa shape index (κ2) is 7.24. The van der Waals surface area contributed by atoms with Gasteiger partial charge in [-0.25, -0.2) is 14.8 Å². The lowest BCUT2D eigenvalue weighted by Gasteiger charge is -2.33. The summed E-state index contributed by atoms with van der Waals surface area (Å²) < 4.78 is 13.6. The van der Waals surface area contributed by atoms with Gasteiger partial charge in [-0.1, -0.05) is 0 Å². The minimum absolute atomic E-state index is 0.187. The lowest BCUT2D eigenvalue weighted by atomic mass is 10.0. The fourth-order valence-corrected chi connectivity index (χ4v) is 3.56. The predicted molar refractivity (Wildman–Crippen MR) is 96.6 cm³/mol. The van der Waals surface area contributed by atoms with E-state index in [0.29, 0.717) is 11.4 Å². The van der Waals surface area contributed by atoms with E-state index in [2.05, 4.69) is 31.2 Å². The second-order valence-corrected chi connectivity index (χ2v) is 6.76. The summed E-state index contributed by atoms with van der Waals surface area (Å²) in [6, 6.07) is 3.63. The van der Waals surface area contributed by atoms with Crippen molar-refractivity contribution >= 4 is 11.6 Å². The molecule has 2 saturated heterocycles. The Bertz CT molecular complexity index is 849. The molecule has 0 bridgehead atoms. The number of aromatic nitrogens is 3. The van der Waals surface area contributed by atoms with Crippen LogP contribution in [0.4, 0.5) is 10.1 Å². The van der Waals surface area contributed by atoms with Crippen LogP contribution < -0.4 is 21.8 Å². The zero-order valence-electron chi connectivity index (χ0n) is 14.8. The Morgan fingerprint density at radius 3 is 3.07 bits per heavy atom. The van der Waals surface area contributed by atoms with Crippen LogP contribution >= 0.6 is 0 Å². The van der Waals surface area contributed by atoms with E-state index in [4.69, 9.17) is 5.73 Å². The number of fused-ring (bicyclic) bond motifs is 1. The molecule has 4 rings (SSSR count). The summed E-state index contributed by atoms with van der Waals surface area (Å²) in [5.41, 5.74) is 11.9. The van der Waals surface area contributed by atoms with E-state index in [9.17, 15) is 9.18 Å². The molecular formula is C17H21FN8O. The average molecular weight is 372 g/mol. The highest BCUT2D eigenvalue weighted by molar-refractivity contribution is 5.97. The topological polar surface area (TPSA) is 121 Å². The summed E-state index contributed by atoms with van der Waals surface area (Å²) in [6.07, 6.45) is 2.82. The molecule has 0 aliphatic carbocycles. The number of hydrogen-bond acceptors (Lipinski definition) is 8. The van der Waals surface area contributed by atoms with Gasteiger partial charge in [0.2, 0.25) is 5.91 Å². The Labute approximate surface area is 155 Å². The van der Waals surface area contributed by atoms with Crippen LogP contribution in [0.2, 0.25) is 0 Å². The lowest BCUT2D eigenvalue weighted by molar-refractivity contribution is -0.121. The Morgan fingerprint density at radius 2 is 2.26 bits per heavy atom. The number of hydrazine groups is 1. The number of hydrogen-bond donors (Lipinski definition) is 4. The third-order valence-corrected chi connectivity index (χ3v) is 4.88. The van der Waals surface area contributed by atoms with Crippen molar-refractivity contribution in [2.24, 2.45) is 11.7 Å². The number of alkyl halides is 1. The molecule has 0 saturated carbocycles. The zero-order valence-corrected chi connectivity index (χ0v) is 14.8. The van der Waals surface area contributed by atoms with E-state index < -0.39 is 18.3 Å². The number of nitrogens with zero attached hydrogens (tertiary/aromatic N) is 4. The summed E-state index contributed by atoms with van der Waals surface area (Å²) in [5, 5.41) is 15.7. The molecule has 4 atom stereocenters. The standard InChI is InChI=1S/C17H21FN8O/c1-9-2-5-22-24-14(9)11-3-4-20-7-12(11)23-17(27)13-15(19)25-26-8-10(18)6-21-16(13)26/h2-5,7,10,13,15-16,21,25H,6,8,19H2,1H3,(H,23,27). The number of nitrogens with two attached hydrogens (primary N) is 1. The van der Waals surface area contributed by atoms with Crippen molar-refractivity contribution < 1.29 is 9.18 Å². The first-order chi connectivity index (χ1) is 13.0. The van der Waals surface area contributed by atoms with Gasteiger partial charge in [0.25, 0.3) is 0 Å². The minimum Gasteiger partial charge on any atom is -0.324 e. The number of amides is 1. The highest BCUT2D eigenvalue weighted by Gasteiger charge is 2.47. The number of carbonyl (C=O) groups is 1. The van der Waals surface area contributed by atoms with E-state index in [0.717, 1.165) is 11.1 Å². The molecule has 10 heteroatoms. The van der Waals surface area contributed by atoms with Crippen LogP contribution in [0, 0.1) is 12.8 Å². The van der Waals surface area contributed by atoms with Gasteiger partial charge in [0.1, 0.15) is 6.17 Å². The maximum absolute atomic E-state index is 13.6. The molecule has 0 spiro atoms. The Balaban J connectivity index is 1.58. The number of rotatable bonds is 3. The van der Waals surface area contributed by atoms with E-state index >= 15 is 0 Å². The van der Waals surface area contributed by atoms with Crippen molar-refractivity contribution in [1.82, 2.24) is 30.9 Å². The van der Waals surface area contributed by atoms with Crippen LogP contribution in [0.3, 0.4) is 0 Å². The van der Waals surface area contributed by atoms with Gasteiger partial charge in [-0.2, -0.15) is 10.2 Å². The molecular weight excluding hydrogens is 351 g/mol. The van der Waals surface area contributed by atoms with Crippen molar-refractivity contribution in [2.45, 2.75) is 25.4 Å². The molecule has 2 aliphatic heterocycles. The molecule has 2 aromatic rings. The number of carbonyl (C=O) groups excluding carboxylic acids is 1. The van der Waals surface area contributed by atoms with Crippen LogP contribution in [0.1, 0.15) is 5.56 Å². The Kier molecular flexibility index (Phi) is 4.79. The fraction of sp³-hybridized carbons (Fsp3) is 0.412. The number of nitrogens with one attached hydrogen (secondary N) is 3. The van der Waals surface area contributed by atoms with Crippen molar-refractivity contribution in [1.29, 1.82) is 0 Å². The summed E-state index contributed by atoms with van der Waals surface area (Å²) in [5.74, 6) is -0.864. The molecule has 9 nitrogen and oxygen atoms in total. The molecule has 5 N–H and O–H groups in total. The Morgan fingerprint density at radius 1 is 1.41 bits per heavy atom. The van der Waals surface area contributed by atoms with Crippen LogP contribution in [-0.2, 0) is 4.79 Å². The molecule has 2 aromatic heterocycles. The average Bonchev–Trinajstić information content (AvgIpc) is 2.97. The number of aryl methyl sites for hydroxylation is 1. The molecule has 2 aliphatic rings. The van der Waals surface area contributed by atoms with Crippen LogP contribution in [-0.4, -0.2) is 57.7 Å². The maximum atomic E-state index is 13.6. The molecule has 4 unspecified atom stereocenters.